The van der Waals surface area contributed by atoms with Crippen molar-refractivity contribution in [2.24, 2.45) is 12.8 Å². The van der Waals surface area contributed by atoms with E-state index in [2.05, 4.69) is 5.32 Å². The molecule has 0 saturated heterocycles. The molecule has 2 amide bonds. The number of aromatic nitrogens is 1. The maximum atomic E-state index is 13.0. The third-order valence-corrected chi connectivity index (χ3v) is 6.64. The molecule has 192 valence electrons. The van der Waals surface area contributed by atoms with Crippen LogP contribution in [0.15, 0.2) is 54.2 Å². The maximum Gasteiger partial charge on any atom is 0.256 e. The molecule has 0 fully saturated rings. The molecule has 37 heavy (non-hydrogen) atoms. The number of nitrogens with two attached hydrogens (primary N) is 1. The highest BCUT2D eigenvalue weighted by Crippen LogP contribution is 2.45. The quantitative estimate of drug-likeness (QED) is 0.458. The van der Waals surface area contributed by atoms with Crippen molar-refractivity contribution in [1.82, 2.24) is 9.88 Å². The highest BCUT2D eigenvalue weighted by molar-refractivity contribution is 6.08. The molecule has 0 aliphatic heterocycles. The lowest BCUT2D eigenvalue weighted by molar-refractivity contribution is -0.120. The molecule has 0 radical (unpaired) electrons. The van der Waals surface area contributed by atoms with Crippen LogP contribution in [0.2, 0.25) is 0 Å². The molecule has 0 spiro atoms. The van der Waals surface area contributed by atoms with Crippen LogP contribution in [0.1, 0.15) is 46.1 Å². The van der Waals surface area contributed by atoms with Crippen molar-refractivity contribution in [2.75, 3.05) is 21.3 Å². The Labute approximate surface area is 216 Å². The summed E-state index contributed by atoms with van der Waals surface area (Å²) < 4.78 is 18.3. The van der Waals surface area contributed by atoms with Gasteiger partial charge in [0.2, 0.25) is 5.91 Å². The number of nitrogens with one attached hydrogen (secondary N) is 1. The summed E-state index contributed by atoms with van der Waals surface area (Å²) in [5, 5.41) is 3.02. The van der Waals surface area contributed by atoms with Crippen LogP contribution < -0.4 is 25.3 Å². The molecule has 3 aromatic rings. The molecule has 0 bridgehead atoms. The number of rotatable bonds is 9. The van der Waals surface area contributed by atoms with Gasteiger partial charge in [0.15, 0.2) is 0 Å². The molecule has 3 N–H and O–H groups in total. The Morgan fingerprint density at radius 1 is 1.00 bits per heavy atom. The third-order valence-electron chi connectivity index (χ3n) is 6.64. The van der Waals surface area contributed by atoms with Crippen molar-refractivity contribution in [3.8, 4) is 17.2 Å². The van der Waals surface area contributed by atoms with Crippen LogP contribution in [-0.4, -0.2) is 37.7 Å². The van der Waals surface area contributed by atoms with Crippen LogP contribution in [-0.2, 0) is 18.4 Å². The first-order chi connectivity index (χ1) is 17.8. The van der Waals surface area contributed by atoms with Crippen LogP contribution in [0, 0.1) is 0 Å². The van der Waals surface area contributed by atoms with Gasteiger partial charge in [-0.3, -0.25) is 9.59 Å². The third kappa shape index (κ3) is 5.09. The number of fused-ring (bicyclic) bond motifs is 1. The standard InChI is InChI=1S/C29H31N3O5/c1-17-22(11-18-12-25(36-4)28(29(30)34)26(13-18)37-5)21-9-8-20(35-3)14-24(21)23(17)15-27(33)31-16-19-7-6-10-32(19)2/h6-14H,15-16H2,1-5H3,(H2,30,34)(H,31,33)/b22-11-. The molecular weight excluding hydrogens is 470 g/mol. The molecule has 1 aliphatic rings. The minimum atomic E-state index is -0.633. The number of carbonyl (C=O) groups is 2. The van der Waals surface area contributed by atoms with Crippen LogP contribution in [0.3, 0.4) is 0 Å². The van der Waals surface area contributed by atoms with Gasteiger partial charge in [0.05, 0.1) is 34.3 Å². The maximum absolute atomic E-state index is 13.0. The van der Waals surface area contributed by atoms with Gasteiger partial charge in [-0.15, -0.1) is 0 Å². The van der Waals surface area contributed by atoms with E-state index in [4.69, 9.17) is 19.9 Å². The number of methoxy groups -OCH3 is 3. The van der Waals surface area contributed by atoms with Gasteiger partial charge in [-0.05, 0) is 82.8 Å². The second-order valence-electron chi connectivity index (χ2n) is 8.80. The highest BCUT2D eigenvalue weighted by Gasteiger charge is 2.26. The predicted molar refractivity (Wildman–Crippen MR) is 143 cm³/mol. The van der Waals surface area contributed by atoms with Gasteiger partial charge in [0.1, 0.15) is 22.8 Å². The van der Waals surface area contributed by atoms with E-state index in [1.54, 1.807) is 19.2 Å². The van der Waals surface area contributed by atoms with Crippen molar-refractivity contribution in [2.45, 2.75) is 19.9 Å². The van der Waals surface area contributed by atoms with Crippen molar-refractivity contribution in [3.63, 3.8) is 0 Å². The van der Waals surface area contributed by atoms with Gasteiger partial charge in [0, 0.05) is 18.9 Å². The van der Waals surface area contributed by atoms with E-state index in [1.165, 1.54) is 14.2 Å². The summed E-state index contributed by atoms with van der Waals surface area (Å²) >= 11 is 0. The summed E-state index contributed by atoms with van der Waals surface area (Å²) in [6.45, 7) is 2.46. The van der Waals surface area contributed by atoms with Crippen molar-refractivity contribution in [3.05, 3.63) is 82.2 Å². The van der Waals surface area contributed by atoms with Crippen molar-refractivity contribution >= 4 is 29.0 Å². The van der Waals surface area contributed by atoms with Crippen LogP contribution in [0.5, 0.6) is 17.2 Å². The first kappa shape index (κ1) is 25.6. The highest BCUT2D eigenvalue weighted by atomic mass is 16.5. The molecule has 1 aliphatic carbocycles. The van der Waals surface area contributed by atoms with E-state index >= 15 is 0 Å². The number of hydrogen-bond donors (Lipinski definition) is 2. The largest absolute Gasteiger partial charge is 0.497 e. The Morgan fingerprint density at radius 2 is 1.70 bits per heavy atom. The zero-order valence-electron chi connectivity index (χ0n) is 21.7. The van der Waals surface area contributed by atoms with Gasteiger partial charge in [-0.1, -0.05) is 6.07 Å². The van der Waals surface area contributed by atoms with E-state index in [1.807, 2.05) is 61.1 Å². The molecule has 4 rings (SSSR count). The van der Waals surface area contributed by atoms with Gasteiger partial charge in [-0.25, -0.2) is 0 Å². The molecule has 8 heteroatoms. The number of primary amides is 1. The van der Waals surface area contributed by atoms with E-state index in [0.29, 0.717) is 23.8 Å². The summed E-state index contributed by atoms with van der Waals surface area (Å²) in [4.78, 5) is 24.9. The lowest BCUT2D eigenvalue weighted by Crippen LogP contribution is -2.23. The minimum absolute atomic E-state index is 0.0697. The molecule has 1 heterocycles. The number of benzene rings is 2. The fourth-order valence-electron chi connectivity index (χ4n) is 4.63. The number of carbonyl (C=O) groups excluding carboxylic acids is 2. The normalized spacial score (nSPS) is 13.5. The number of allylic oxidation sites excluding steroid dienone is 2. The topological polar surface area (TPSA) is 105 Å². The van der Waals surface area contributed by atoms with Gasteiger partial charge >= 0.3 is 0 Å². The van der Waals surface area contributed by atoms with Crippen molar-refractivity contribution < 1.29 is 23.8 Å². The van der Waals surface area contributed by atoms with Crippen molar-refractivity contribution in [1.29, 1.82) is 0 Å². The molecule has 0 saturated carbocycles. The first-order valence-electron chi connectivity index (χ1n) is 11.8. The van der Waals surface area contributed by atoms with Crippen LogP contribution >= 0.6 is 0 Å². The molecule has 0 atom stereocenters. The zero-order valence-corrected chi connectivity index (χ0v) is 21.7. The average Bonchev–Trinajstić information content (AvgIpc) is 3.42. The summed E-state index contributed by atoms with van der Waals surface area (Å²) in [5.74, 6) is 0.663. The van der Waals surface area contributed by atoms with Crippen LogP contribution in [0.25, 0.3) is 17.2 Å². The number of ether oxygens (including phenoxy) is 3. The Kier molecular flexibility index (Phi) is 7.38. The smallest absolute Gasteiger partial charge is 0.256 e. The average molecular weight is 502 g/mol. The van der Waals surface area contributed by atoms with E-state index in [0.717, 1.165) is 39.1 Å². The fourth-order valence-corrected chi connectivity index (χ4v) is 4.63. The zero-order chi connectivity index (χ0) is 26.7. The number of nitrogens with zero attached hydrogens (tertiary/aromatic N) is 1. The Balaban J connectivity index is 1.73. The Hall–Kier alpha value is -4.46. The Morgan fingerprint density at radius 3 is 2.27 bits per heavy atom. The molecule has 2 aromatic carbocycles. The predicted octanol–water partition coefficient (Wildman–Crippen LogP) is 4.18. The van der Waals surface area contributed by atoms with E-state index in [9.17, 15) is 9.59 Å². The summed E-state index contributed by atoms with van der Waals surface area (Å²) in [6.07, 6.45) is 4.16. The number of aryl methyl sites for hydroxylation is 1. The van der Waals surface area contributed by atoms with Gasteiger partial charge < -0.3 is 29.8 Å². The lowest BCUT2D eigenvalue weighted by Gasteiger charge is -2.13. The fraction of sp³-hybridized carbons (Fsp3) is 0.241. The lowest BCUT2D eigenvalue weighted by atomic mass is 9.99. The van der Waals surface area contributed by atoms with E-state index in [-0.39, 0.29) is 17.9 Å². The minimum Gasteiger partial charge on any atom is -0.497 e. The van der Waals surface area contributed by atoms with Crippen LogP contribution in [0.4, 0.5) is 0 Å². The summed E-state index contributed by atoms with van der Waals surface area (Å²) in [6, 6.07) is 13.3. The van der Waals surface area contributed by atoms with Gasteiger partial charge in [-0.2, -0.15) is 0 Å². The molecular formula is C29H31N3O5. The summed E-state index contributed by atoms with van der Waals surface area (Å²) in [7, 11) is 6.53. The Bertz CT molecular complexity index is 1410. The second kappa shape index (κ2) is 10.7. The number of amides is 2. The number of hydrogen-bond acceptors (Lipinski definition) is 5. The second-order valence-corrected chi connectivity index (χ2v) is 8.80. The van der Waals surface area contributed by atoms with E-state index < -0.39 is 5.91 Å². The molecule has 8 nitrogen and oxygen atoms in total. The van der Waals surface area contributed by atoms with Gasteiger partial charge in [0.25, 0.3) is 5.91 Å². The molecule has 0 unspecified atom stereocenters. The monoisotopic (exact) mass is 501 g/mol. The first-order valence-corrected chi connectivity index (χ1v) is 11.8. The summed E-state index contributed by atoms with van der Waals surface area (Å²) in [5.41, 5.74) is 12.3. The molecule has 1 aromatic heterocycles. The SMILES string of the molecule is COc1ccc2c(c1)C(CC(=O)NCc1cccn1C)=C(C)/C2=C/c1cc(OC)c(C(N)=O)c(OC)c1.